The summed E-state index contributed by atoms with van der Waals surface area (Å²) in [7, 11) is 0. The average molecular weight is 287 g/mol. The van der Waals surface area contributed by atoms with E-state index in [4.69, 9.17) is 9.84 Å². The molecule has 1 N–H and O–H groups in total. The quantitative estimate of drug-likeness (QED) is 0.918. The van der Waals surface area contributed by atoms with Crippen molar-refractivity contribution in [1.29, 1.82) is 0 Å². The Kier molecular flexibility index (Phi) is 4.27. The molecule has 1 aliphatic heterocycles. The van der Waals surface area contributed by atoms with Gasteiger partial charge in [-0.3, -0.25) is 4.68 Å². The summed E-state index contributed by atoms with van der Waals surface area (Å²) in [5, 5.41) is 9.53. The molecule has 2 heterocycles. The van der Waals surface area contributed by atoms with Gasteiger partial charge in [0.15, 0.2) is 0 Å². The molecule has 1 aliphatic rings. The molecule has 3 rings (SSSR count). The van der Waals surface area contributed by atoms with Gasteiger partial charge in [-0.25, -0.2) is 0 Å². The molecule has 1 aromatic heterocycles. The van der Waals surface area contributed by atoms with Crippen molar-refractivity contribution in [2.24, 2.45) is 0 Å². The summed E-state index contributed by atoms with van der Waals surface area (Å²) in [5.74, 6) is 0. The summed E-state index contributed by atoms with van der Waals surface area (Å²) in [5.41, 5.74) is 2.34. The molecule has 114 valence electrons. The van der Waals surface area contributed by atoms with E-state index < -0.39 is 0 Å². The molecule has 0 bridgehead atoms. The van der Waals surface area contributed by atoms with Gasteiger partial charge in [-0.05, 0) is 25.8 Å². The van der Waals surface area contributed by atoms with Crippen LogP contribution in [0.3, 0.4) is 0 Å². The average Bonchev–Trinajstić information content (AvgIpc) is 3.02. The van der Waals surface area contributed by atoms with Gasteiger partial charge in [0.1, 0.15) is 0 Å². The van der Waals surface area contributed by atoms with Crippen LogP contribution in [0.4, 0.5) is 0 Å². The van der Waals surface area contributed by atoms with Gasteiger partial charge in [-0.1, -0.05) is 32.0 Å². The number of aromatic nitrogens is 2. The third kappa shape index (κ3) is 3.27. The van der Waals surface area contributed by atoms with Crippen molar-refractivity contribution in [2.45, 2.75) is 65.0 Å². The molecule has 1 saturated heterocycles. The topological polar surface area (TPSA) is 39.1 Å². The molecule has 4 nitrogen and oxygen atoms in total. The molecule has 21 heavy (non-hydrogen) atoms. The summed E-state index contributed by atoms with van der Waals surface area (Å²) in [6.45, 7) is 8.14. The number of fused-ring (bicyclic) bond motifs is 1. The van der Waals surface area contributed by atoms with Crippen LogP contribution >= 0.6 is 0 Å². The minimum absolute atomic E-state index is 0.300. The fraction of sp³-hybridized carbons (Fsp3) is 0.588. The zero-order valence-corrected chi connectivity index (χ0v) is 13.2. The van der Waals surface area contributed by atoms with Gasteiger partial charge in [0, 0.05) is 18.0 Å². The van der Waals surface area contributed by atoms with Crippen LogP contribution in [0.15, 0.2) is 24.3 Å². The summed E-state index contributed by atoms with van der Waals surface area (Å²) < 4.78 is 8.07. The highest BCUT2D eigenvalue weighted by atomic mass is 16.5. The SMILES string of the molecule is CC(C)NCc1nn(CC2CCC(C)O2)c2ccccc12. The third-order valence-corrected chi connectivity index (χ3v) is 4.11. The van der Waals surface area contributed by atoms with E-state index in [1.54, 1.807) is 0 Å². The lowest BCUT2D eigenvalue weighted by Crippen LogP contribution is -2.22. The van der Waals surface area contributed by atoms with Crippen LogP contribution in [0.1, 0.15) is 39.3 Å². The van der Waals surface area contributed by atoms with E-state index in [1.165, 1.54) is 10.9 Å². The van der Waals surface area contributed by atoms with E-state index in [1.807, 2.05) is 0 Å². The summed E-state index contributed by atoms with van der Waals surface area (Å²) >= 11 is 0. The second-order valence-electron chi connectivity index (χ2n) is 6.33. The van der Waals surface area contributed by atoms with Crippen LogP contribution in [-0.2, 0) is 17.8 Å². The lowest BCUT2D eigenvalue weighted by Gasteiger charge is -2.11. The smallest absolute Gasteiger partial charge is 0.0841 e. The molecule has 2 atom stereocenters. The predicted octanol–water partition coefficient (Wildman–Crippen LogP) is 3.10. The zero-order chi connectivity index (χ0) is 14.8. The molecule has 2 aromatic rings. The predicted molar refractivity (Wildman–Crippen MR) is 85.3 cm³/mol. The van der Waals surface area contributed by atoms with Crippen LogP contribution in [0.5, 0.6) is 0 Å². The number of rotatable bonds is 5. The van der Waals surface area contributed by atoms with E-state index in [-0.39, 0.29) is 0 Å². The summed E-state index contributed by atoms with van der Waals surface area (Å²) in [6, 6.07) is 8.95. The van der Waals surface area contributed by atoms with Crippen LogP contribution < -0.4 is 5.32 Å². The first-order valence-corrected chi connectivity index (χ1v) is 7.96. The zero-order valence-electron chi connectivity index (χ0n) is 13.2. The molecule has 0 aliphatic carbocycles. The van der Waals surface area contributed by atoms with Crippen LogP contribution in [0.2, 0.25) is 0 Å². The lowest BCUT2D eigenvalue weighted by atomic mass is 10.2. The molecule has 1 aromatic carbocycles. The molecular formula is C17H25N3O. The van der Waals surface area contributed by atoms with E-state index in [9.17, 15) is 0 Å². The van der Waals surface area contributed by atoms with Gasteiger partial charge in [0.25, 0.3) is 0 Å². The number of benzene rings is 1. The van der Waals surface area contributed by atoms with Gasteiger partial charge in [0.05, 0.1) is 30.0 Å². The number of hydrogen-bond donors (Lipinski definition) is 1. The van der Waals surface area contributed by atoms with E-state index in [2.05, 4.69) is 55.0 Å². The van der Waals surface area contributed by atoms with Crippen LogP contribution in [-0.4, -0.2) is 28.0 Å². The Hall–Kier alpha value is -1.39. The number of hydrogen-bond acceptors (Lipinski definition) is 3. The van der Waals surface area contributed by atoms with Gasteiger partial charge in [-0.15, -0.1) is 0 Å². The monoisotopic (exact) mass is 287 g/mol. The minimum Gasteiger partial charge on any atom is -0.373 e. The van der Waals surface area contributed by atoms with Gasteiger partial charge < -0.3 is 10.1 Å². The van der Waals surface area contributed by atoms with Crippen LogP contribution in [0.25, 0.3) is 10.9 Å². The summed E-state index contributed by atoms with van der Waals surface area (Å²) in [4.78, 5) is 0. The number of para-hydroxylation sites is 1. The maximum atomic E-state index is 5.95. The molecule has 2 unspecified atom stereocenters. The second-order valence-corrected chi connectivity index (χ2v) is 6.33. The molecule has 0 spiro atoms. The molecule has 1 fully saturated rings. The third-order valence-electron chi connectivity index (χ3n) is 4.11. The highest BCUT2D eigenvalue weighted by Gasteiger charge is 2.23. The molecular weight excluding hydrogens is 262 g/mol. The van der Waals surface area contributed by atoms with Gasteiger partial charge in [0.2, 0.25) is 0 Å². The fourth-order valence-electron chi connectivity index (χ4n) is 2.98. The fourth-order valence-corrected chi connectivity index (χ4v) is 2.98. The highest BCUT2D eigenvalue weighted by molar-refractivity contribution is 5.81. The Morgan fingerprint density at radius 3 is 2.86 bits per heavy atom. The maximum Gasteiger partial charge on any atom is 0.0841 e. The molecule has 0 saturated carbocycles. The van der Waals surface area contributed by atoms with Crippen molar-refractivity contribution in [3.63, 3.8) is 0 Å². The van der Waals surface area contributed by atoms with Gasteiger partial charge in [-0.2, -0.15) is 5.10 Å². The van der Waals surface area contributed by atoms with Crippen molar-refractivity contribution in [3.8, 4) is 0 Å². The first-order valence-electron chi connectivity index (χ1n) is 7.96. The number of nitrogens with one attached hydrogen (secondary N) is 1. The van der Waals surface area contributed by atoms with E-state index in [0.29, 0.717) is 18.2 Å². The van der Waals surface area contributed by atoms with Crippen molar-refractivity contribution >= 4 is 10.9 Å². The van der Waals surface area contributed by atoms with E-state index in [0.717, 1.165) is 31.6 Å². The first kappa shape index (κ1) is 14.5. The Morgan fingerprint density at radius 2 is 2.14 bits per heavy atom. The Bertz CT molecular complexity index is 605. The number of ether oxygens (including phenoxy) is 1. The van der Waals surface area contributed by atoms with Crippen molar-refractivity contribution < 1.29 is 4.74 Å². The second kappa shape index (κ2) is 6.16. The maximum absolute atomic E-state index is 5.95. The lowest BCUT2D eigenvalue weighted by molar-refractivity contribution is 0.0444. The van der Waals surface area contributed by atoms with Crippen molar-refractivity contribution in [2.75, 3.05) is 0 Å². The molecule has 4 heteroatoms. The number of nitrogens with zero attached hydrogens (tertiary/aromatic N) is 2. The van der Waals surface area contributed by atoms with Crippen molar-refractivity contribution in [1.82, 2.24) is 15.1 Å². The van der Waals surface area contributed by atoms with Crippen LogP contribution in [0, 0.1) is 0 Å². The summed E-state index contributed by atoms with van der Waals surface area (Å²) in [6.07, 6.45) is 2.98. The normalized spacial score (nSPS) is 22.5. The van der Waals surface area contributed by atoms with E-state index >= 15 is 0 Å². The molecule has 0 radical (unpaired) electrons. The van der Waals surface area contributed by atoms with Crippen molar-refractivity contribution in [3.05, 3.63) is 30.0 Å². The Labute approximate surface area is 126 Å². The van der Waals surface area contributed by atoms with Gasteiger partial charge >= 0.3 is 0 Å². The Balaban J connectivity index is 1.84. The first-order chi connectivity index (χ1) is 10.1. The largest absolute Gasteiger partial charge is 0.373 e. The standard InChI is InChI=1S/C17H25N3O/c1-12(2)18-10-16-15-6-4-5-7-17(15)20(19-16)11-14-9-8-13(3)21-14/h4-7,12-14,18H,8-11H2,1-3H3. The molecule has 0 amide bonds. The highest BCUT2D eigenvalue weighted by Crippen LogP contribution is 2.24. The minimum atomic E-state index is 0.300. The Morgan fingerprint density at radius 1 is 1.33 bits per heavy atom.